The Morgan fingerprint density at radius 1 is 0.966 bits per heavy atom. The molecule has 0 aliphatic carbocycles. The molecule has 0 unspecified atom stereocenters. The number of anilines is 3. The van der Waals surface area contributed by atoms with Gasteiger partial charge in [0.25, 0.3) is 0 Å². The fourth-order valence-electron chi connectivity index (χ4n) is 3.56. The van der Waals surface area contributed by atoms with Crippen LogP contribution in [-0.4, -0.2) is 69.6 Å². The van der Waals surface area contributed by atoms with E-state index in [1.54, 1.807) is 7.11 Å². The number of nitrogens with zero attached hydrogens (tertiary/aromatic N) is 4. The summed E-state index contributed by atoms with van der Waals surface area (Å²) in [5.41, 5.74) is 8.25. The summed E-state index contributed by atoms with van der Waals surface area (Å²) in [6, 6.07) is 7.89. The maximum atomic E-state index is 6.55. The van der Waals surface area contributed by atoms with E-state index in [0.29, 0.717) is 24.7 Å². The van der Waals surface area contributed by atoms with Crippen molar-refractivity contribution in [1.29, 1.82) is 0 Å². The first-order chi connectivity index (χ1) is 14.2. The molecule has 2 fully saturated rings. The largest absolute Gasteiger partial charge is 0.497 e. The maximum Gasteiger partial charge on any atom is 0.158 e. The van der Waals surface area contributed by atoms with Crippen LogP contribution in [0.1, 0.15) is 11.4 Å². The van der Waals surface area contributed by atoms with Crippen LogP contribution in [0.4, 0.5) is 17.3 Å². The predicted molar refractivity (Wildman–Crippen MR) is 116 cm³/mol. The lowest BCUT2D eigenvalue weighted by Crippen LogP contribution is -2.44. The molecule has 0 saturated carbocycles. The number of benzene rings is 1. The van der Waals surface area contributed by atoms with Crippen molar-refractivity contribution < 1.29 is 9.47 Å². The van der Waals surface area contributed by atoms with Gasteiger partial charge in [-0.05, 0) is 23.8 Å². The first-order valence-electron chi connectivity index (χ1n) is 10.0. The standard InChI is InChI=1S/C21H28N6O2/c1-28-17-5-2-16(3-6-17)4-7-18-24-20(26-10-8-23-9-11-26)19(22)21(25-18)27-12-14-29-15-13-27/h2-7,23H,8-15,22H2,1H3/b7-4+. The Morgan fingerprint density at radius 2 is 1.59 bits per heavy atom. The smallest absolute Gasteiger partial charge is 0.158 e. The molecule has 1 aromatic carbocycles. The van der Waals surface area contributed by atoms with E-state index in [9.17, 15) is 0 Å². The number of methoxy groups -OCH3 is 1. The van der Waals surface area contributed by atoms with Gasteiger partial charge in [-0.2, -0.15) is 0 Å². The Labute approximate surface area is 171 Å². The quantitative estimate of drug-likeness (QED) is 0.786. The molecular weight excluding hydrogens is 368 g/mol. The number of aromatic nitrogens is 2. The van der Waals surface area contributed by atoms with Crippen LogP contribution in [0.2, 0.25) is 0 Å². The number of hydrogen-bond donors (Lipinski definition) is 2. The molecule has 0 amide bonds. The van der Waals surface area contributed by atoms with Crippen LogP contribution in [0.25, 0.3) is 12.2 Å². The number of morpholine rings is 1. The second kappa shape index (κ2) is 9.11. The van der Waals surface area contributed by atoms with Gasteiger partial charge in [0.15, 0.2) is 17.5 Å². The fraction of sp³-hybridized carbons (Fsp3) is 0.429. The number of ether oxygens (including phenoxy) is 2. The topological polar surface area (TPSA) is 88.8 Å². The van der Waals surface area contributed by atoms with Gasteiger partial charge in [0.2, 0.25) is 0 Å². The lowest BCUT2D eigenvalue weighted by atomic mass is 10.2. The van der Waals surface area contributed by atoms with Gasteiger partial charge in [0.05, 0.1) is 20.3 Å². The molecule has 29 heavy (non-hydrogen) atoms. The molecule has 8 nitrogen and oxygen atoms in total. The van der Waals surface area contributed by atoms with Gasteiger partial charge in [0, 0.05) is 39.3 Å². The van der Waals surface area contributed by atoms with Gasteiger partial charge in [-0.25, -0.2) is 9.97 Å². The Hall–Kier alpha value is -2.84. The highest BCUT2D eigenvalue weighted by atomic mass is 16.5. The van der Waals surface area contributed by atoms with Crippen LogP contribution in [0.5, 0.6) is 5.75 Å². The van der Waals surface area contributed by atoms with Crippen molar-refractivity contribution in [2.75, 3.05) is 75.1 Å². The monoisotopic (exact) mass is 396 g/mol. The molecule has 4 rings (SSSR count). The predicted octanol–water partition coefficient (Wildman–Crippen LogP) is 1.48. The molecule has 2 saturated heterocycles. The fourth-order valence-corrected chi connectivity index (χ4v) is 3.56. The first kappa shape index (κ1) is 19.5. The number of rotatable bonds is 5. The van der Waals surface area contributed by atoms with Crippen LogP contribution in [0, 0.1) is 0 Å². The Bertz CT molecular complexity index is 804. The SMILES string of the molecule is COc1ccc(/C=C/c2nc(N3CCNCC3)c(N)c(N3CCOCC3)n2)cc1. The molecular formula is C21H28N6O2. The van der Waals surface area contributed by atoms with E-state index in [2.05, 4.69) is 15.1 Å². The zero-order chi connectivity index (χ0) is 20.1. The Morgan fingerprint density at radius 3 is 2.21 bits per heavy atom. The van der Waals surface area contributed by atoms with Gasteiger partial charge in [0.1, 0.15) is 11.4 Å². The van der Waals surface area contributed by atoms with Crippen molar-refractivity contribution in [3.8, 4) is 5.75 Å². The molecule has 3 N–H and O–H groups in total. The molecule has 0 spiro atoms. The number of piperazine rings is 1. The van der Waals surface area contributed by atoms with E-state index < -0.39 is 0 Å². The van der Waals surface area contributed by atoms with Gasteiger partial charge < -0.3 is 30.3 Å². The highest BCUT2D eigenvalue weighted by Gasteiger charge is 2.23. The van der Waals surface area contributed by atoms with Crippen molar-refractivity contribution in [3.63, 3.8) is 0 Å². The van der Waals surface area contributed by atoms with Crippen LogP contribution >= 0.6 is 0 Å². The number of hydrogen-bond acceptors (Lipinski definition) is 8. The first-order valence-corrected chi connectivity index (χ1v) is 10.0. The lowest BCUT2D eigenvalue weighted by molar-refractivity contribution is 0.122. The van der Waals surface area contributed by atoms with Gasteiger partial charge in [-0.15, -0.1) is 0 Å². The minimum Gasteiger partial charge on any atom is -0.497 e. The summed E-state index contributed by atoms with van der Waals surface area (Å²) >= 11 is 0. The molecule has 154 valence electrons. The summed E-state index contributed by atoms with van der Waals surface area (Å²) in [5, 5.41) is 3.38. The summed E-state index contributed by atoms with van der Waals surface area (Å²) in [7, 11) is 1.66. The molecule has 2 aromatic rings. The highest BCUT2D eigenvalue weighted by molar-refractivity contribution is 5.79. The summed E-state index contributed by atoms with van der Waals surface area (Å²) in [5.74, 6) is 3.11. The summed E-state index contributed by atoms with van der Waals surface area (Å²) in [6.45, 7) is 6.54. The second-order valence-electron chi connectivity index (χ2n) is 7.09. The highest BCUT2D eigenvalue weighted by Crippen LogP contribution is 2.31. The normalized spacial score (nSPS) is 17.7. The molecule has 0 atom stereocenters. The molecule has 2 aliphatic heterocycles. The van der Waals surface area contributed by atoms with E-state index >= 15 is 0 Å². The minimum atomic E-state index is 0.649. The molecule has 1 aromatic heterocycles. The zero-order valence-electron chi connectivity index (χ0n) is 16.8. The van der Waals surface area contributed by atoms with E-state index in [0.717, 1.165) is 62.2 Å². The summed E-state index contributed by atoms with van der Waals surface area (Å²) < 4.78 is 10.7. The summed E-state index contributed by atoms with van der Waals surface area (Å²) in [4.78, 5) is 14.0. The average molecular weight is 396 g/mol. The lowest BCUT2D eigenvalue weighted by Gasteiger charge is -2.33. The van der Waals surface area contributed by atoms with E-state index in [-0.39, 0.29) is 0 Å². The van der Waals surface area contributed by atoms with Crippen molar-refractivity contribution in [1.82, 2.24) is 15.3 Å². The van der Waals surface area contributed by atoms with Crippen molar-refractivity contribution in [3.05, 3.63) is 35.7 Å². The maximum absolute atomic E-state index is 6.55. The summed E-state index contributed by atoms with van der Waals surface area (Å²) in [6.07, 6.45) is 3.95. The number of nitrogen functional groups attached to an aromatic ring is 1. The molecule has 0 radical (unpaired) electrons. The molecule has 8 heteroatoms. The van der Waals surface area contributed by atoms with Crippen LogP contribution in [-0.2, 0) is 4.74 Å². The third kappa shape index (κ3) is 4.60. The molecule has 0 bridgehead atoms. The zero-order valence-corrected chi connectivity index (χ0v) is 16.8. The second-order valence-corrected chi connectivity index (χ2v) is 7.09. The van der Waals surface area contributed by atoms with Crippen molar-refractivity contribution in [2.45, 2.75) is 0 Å². The number of nitrogens with two attached hydrogens (primary N) is 1. The van der Waals surface area contributed by atoms with E-state index in [4.69, 9.17) is 25.2 Å². The third-order valence-electron chi connectivity index (χ3n) is 5.19. The van der Waals surface area contributed by atoms with Crippen LogP contribution in [0.3, 0.4) is 0 Å². The minimum absolute atomic E-state index is 0.649. The van der Waals surface area contributed by atoms with Crippen LogP contribution < -0.4 is 25.6 Å². The number of nitrogens with one attached hydrogen (secondary N) is 1. The van der Waals surface area contributed by atoms with E-state index in [1.807, 2.05) is 36.4 Å². The Balaban J connectivity index is 1.66. The molecule has 2 aliphatic rings. The Kier molecular flexibility index (Phi) is 6.12. The molecule has 3 heterocycles. The van der Waals surface area contributed by atoms with Crippen molar-refractivity contribution >= 4 is 29.5 Å². The van der Waals surface area contributed by atoms with Crippen molar-refractivity contribution in [2.24, 2.45) is 0 Å². The van der Waals surface area contributed by atoms with Gasteiger partial charge >= 0.3 is 0 Å². The van der Waals surface area contributed by atoms with E-state index in [1.165, 1.54) is 0 Å². The van der Waals surface area contributed by atoms with Crippen LogP contribution in [0.15, 0.2) is 24.3 Å². The average Bonchev–Trinajstić information content (AvgIpc) is 2.80. The van der Waals surface area contributed by atoms with Gasteiger partial charge in [-0.3, -0.25) is 0 Å². The van der Waals surface area contributed by atoms with Gasteiger partial charge in [-0.1, -0.05) is 18.2 Å². The third-order valence-corrected chi connectivity index (χ3v) is 5.19.